The Kier molecular flexibility index (Phi) is 3.83. The maximum Gasteiger partial charge on any atom is 0.300 e. The second-order valence-electron chi connectivity index (χ2n) is 3.71. The van der Waals surface area contributed by atoms with Crippen LogP contribution in [0.5, 0.6) is 0 Å². The lowest BCUT2D eigenvalue weighted by atomic mass is 10.0. The topological polar surface area (TPSA) is 60.2 Å². The molecule has 96 valence electrons. The summed E-state index contributed by atoms with van der Waals surface area (Å²) in [7, 11) is 0. The smallest absolute Gasteiger partial charge is 0.288 e. The van der Waals surface area contributed by atoms with Gasteiger partial charge >= 0.3 is 5.69 Å². The van der Waals surface area contributed by atoms with Crippen LogP contribution < -0.4 is 0 Å². The number of hydrogen-bond acceptors (Lipinski definition) is 3. The first-order valence-electron chi connectivity index (χ1n) is 5.24. The molecule has 0 aliphatic heterocycles. The monoisotopic (exact) mass is 295 g/mol. The molecule has 4 nitrogen and oxygen atoms in total. The Morgan fingerprint density at radius 1 is 1.00 bits per heavy atom. The van der Waals surface area contributed by atoms with Crippen molar-refractivity contribution >= 4 is 34.7 Å². The highest BCUT2D eigenvalue weighted by Gasteiger charge is 2.27. The number of halogens is 2. The molecule has 0 N–H and O–H groups in total. The van der Waals surface area contributed by atoms with E-state index in [1.54, 1.807) is 30.3 Å². The summed E-state index contributed by atoms with van der Waals surface area (Å²) in [6, 6.07) is 10.9. The normalized spacial score (nSPS) is 10.2. The Hall–Kier alpha value is -1.91. The van der Waals surface area contributed by atoms with E-state index in [1.807, 2.05) is 0 Å². The molecule has 19 heavy (non-hydrogen) atoms. The molecule has 2 aromatic carbocycles. The quantitative estimate of drug-likeness (QED) is 0.486. The van der Waals surface area contributed by atoms with Crippen molar-refractivity contribution in [3.05, 3.63) is 73.8 Å². The van der Waals surface area contributed by atoms with Gasteiger partial charge in [-0.2, -0.15) is 0 Å². The first-order chi connectivity index (χ1) is 9.02. The lowest BCUT2D eigenvalue weighted by Gasteiger charge is -2.06. The van der Waals surface area contributed by atoms with Crippen LogP contribution in [0.15, 0.2) is 42.5 Å². The van der Waals surface area contributed by atoms with Crippen LogP contribution >= 0.6 is 23.2 Å². The SMILES string of the molecule is O=C(c1ccccc1)c1c(Cl)ccc(Cl)c1[N+](=O)[O-]. The van der Waals surface area contributed by atoms with Gasteiger partial charge in [-0.1, -0.05) is 53.5 Å². The highest BCUT2D eigenvalue weighted by Crippen LogP contribution is 2.35. The van der Waals surface area contributed by atoms with Crippen LogP contribution in [0.1, 0.15) is 15.9 Å². The Morgan fingerprint density at radius 2 is 1.58 bits per heavy atom. The Balaban J connectivity index is 2.66. The molecular formula is C13H7Cl2NO3. The molecule has 0 bridgehead atoms. The van der Waals surface area contributed by atoms with Crippen molar-refractivity contribution in [3.8, 4) is 0 Å². The van der Waals surface area contributed by atoms with E-state index in [0.717, 1.165) is 0 Å². The first-order valence-corrected chi connectivity index (χ1v) is 6.00. The average molecular weight is 296 g/mol. The molecule has 0 amide bonds. The number of benzene rings is 2. The minimum absolute atomic E-state index is 0.00459. The predicted molar refractivity (Wildman–Crippen MR) is 73.0 cm³/mol. The van der Waals surface area contributed by atoms with E-state index >= 15 is 0 Å². The van der Waals surface area contributed by atoms with Gasteiger partial charge in [0.2, 0.25) is 5.78 Å². The Labute approximate surface area is 118 Å². The third-order valence-corrected chi connectivity index (χ3v) is 3.14. The van der Waals surface area contributed by atoms with E-state index in [-0.39, 0.29) is 15.6 Å². The molecule has 0 saturated carbocycles. The van der Waals surface area contributed by atoms with Gasteiger partial charge in [0.05, 0.1) is 9.95 Å². The maximum atomic E-state index is 12.3. The largest absolute Gasteiger partial charge is 0.300 e. The standard InChI is InChI=1S/C13H7Cl2NO3/c14-9-6-7-10(15)12(16(18)19)11(9)13(17)8-4-2-1-3-5-8/h1-7H. The second kappa shape index (κ2) is 5.38. The number of carbonyl (C=O) groups is 1. The van der Waals surface area contributed by atoms with Crippen molar-refractivity contribution in [3.63, 3.8) is 0 Å². The summed E-state index contributed by atoms with van der Waals surface area (Å²) < 4.78 is 0. The summed E-state index contributed by atoms with van der Waals surface area (Å²) in [6.07, 6.45) is 0. The van der Waals surface area contributed by atoms with Crippen LogP contribution in [0, 0.1) is 10.1 Å². The summed E-state index contributed by atoms with van der Waals surface area (Å²) in [4.78, 5) is 22.6. The summed E-state index contributed by atoms with van der Waals surface area (Å²) >= 11 is 11.7. The highest BCUT2D eigenvalue weighted by molar-refractivity contribution is 6.39. The van der Waals surface area contributed by atoms with Gasteiger partial charge in [0.25, 0.3) is 0 Å². The zero-order valence-corrected chi connectivity index (χ0v) is 11.0. The summed E-state index contributed by atoms with van der Waals surface area (Å²) in [6.45, 7) is 0. The third kappa shape index (κ3) is 2.59. The van der Waals surface area contributed by atoms with Crippen LogP contribution in [0.4, 0.5) is 5.69 Å². The molecular weight excluding hydrogens is 289 g/mol. The zero-order chi connectivity index (χ0) is 14.0. The van der Waals surface area contributed by atoms with Crippen molar-refractivity contribution in [2.45, 2.75) is 0 Å². The summed E-state index contributed by atoms with van der Waals surface area (Å²) in [5.41, 5.74) is -0.344. The van der Waals surface area contributed by atoms with Crippen LogP contribution in [-0.2, 0) is 0 Å². The molecule has 6 heteroatoms. The highest BCUT2D eigenvalue weighted by atomic mass is 35.5. The molecule has 0 heterocycles. The molecule has 2 rings (SSSR count). The summed E-state index contributed by atoms with van der Waals surface area (Å²) in [5.74, 6) is -0.528. The molecule has 0 spiro atoms. The molecule has 0 aromatic heterocycles. The molecule has 0 saturated heterocycles. The zero-order valence-electron chi connectivity index (χ0n) is 9.47. The number of nitro groups is 1. The Bertz CT molecular complexity index is 656. The fourth-order valence-electron chi connectivity index (χ4n) is 1.67. The number of rotatable bonds is 3. The molecule has 0 atom stereocenters. The first kappa shape index (κ1) is 13.5. The van der Waals surface area contributed by atoms with Crippen LogP contribution in [0.25, 0.3) is 0 Å². The number of nitrogens with zero attached hydrogens (tertiary/aromatic N) is 1. The second-order valence-corrected chi connectivity index (χ2v) is 4.52. The van der Waals surface area contributed by atoms with E-state index in [1.165, 1.54) is 12.1 Å². The van der Waals surface area contributed by atoms with Gasteiger partial charge in [0.1, 0.15) is 10.6 Å². The van der Waals surface area contributed by atoms with Crippen molar-refractivity contribution in [2.75, 3.05) is 0 Å². The van der Waals surface area contributed by atoms with Crippen molar-refractivity contribution in [1.29, 1.82) is 0 Å². The van der Waals surface area contributed by atoms with Crippen LogP contribution in [0.3, 0.4) is 0 Å². The van der Waals surface area contributed by atoms with E-state index < -0.39 is 16.4 Å². The number of carbonyl (C=O) groups excluding carboxylic acids is 1. The third-order valence-electron chi connectivity index (χ3n) is 2.52. The van der Waals surface area contributed by atoms with E-state index in [0.29, 0.717) is 5.56 Å². The van der Waals surface area contributed by atoms with Crippen LogP contribution in [0.2, 0.25) is 10.0 Å². The average Bonchev–Trinajstić information content (AvgIpc) is 2.41. The minimum Gasteiger partial charge on any atom is -0.288 e. The lowest BCUT2D eigenvalue weighted by molar-refractivity contribution is -0.384. The lowest BCUT2D eigenvalue weighted by Crippen LogP contribution is -2.07. The number of hydrogen-bond donors (Lipinski definition) is 0. The van der Waals surface area contributed by atoms with Gasteiger partial charge in [-0.15, -0.1) is 0 Å². The van der Waals surface area contributed by atoms with Crippen molar-refractivity contribution in [1.82, 2.24) is 0 Å². The van der Waals surface area contributed by atoms with Gasteiger partial charge in [-0.25, -0.2) is 0 Å². The predicted octanol–water partition coefficient (Wildman–Crippen LogP) is 4.13. The van der Waals surface area contributed by atoms with Crippen molar-refractivity contribution in [2.24, 2.45) is 0 Å². The van der Waals surface area contributed by atoms with Gasteiger partial charge in [-0.05, 0) is 12.1 Å². The molecule has 0 aliphatic carbocycles. The van der Waals surface area contributed by atoms with Gasteiger partial charge in [0.15, 0.2) is 0 Å². The van der Waals surface area contributed by atoms with Gasteiger partial charge < -0.3 is 0 Å². The maximum absolute atomic E-state index is 12.3. The van der Waals surface area contributed by atoms with Gasteiger partial charge in [0, 0.05) is 5.56 Å². The van der Waals surface area contributed by atoms with Crippen LogP contribution in [-0.4, -0.2) is 10.7 Å². The molecule has 0 aliphatic rings. The molecule has 0 radical (unpaired) electrons. The van der Waals surface area contributed by atoms with E-state index in [9.17, 15) is 14.9 Å². The van der Waals surface area contributed by atoms with E-state index in [2.05, 4.69) is 0 Å². The van der Waals surface area contributed by atoms with Gasteiger partial charge in [-0.3, -0.25) is 14.9 Å². The summed E-state index contributed by atoms with van der Waals surface area (Å²) in [5, 5.41) is 10.9. The molecule has 0 unspecified atom stereocenters. The Morgan fingerprint density at radius 3 is 2.16 bits per heavy atom. The number of nitro benzene ring substituents is 1. The molecule has 0 fully saturated rings. The minimum atomic E-state index is -0.704. The van der Waals surface area contributed by atoms with Crippen molar-refractivity contribution < 1.29 is 9.72 Å². The number of ketones is 1. The fourth-order valence-corrected chi connectivity index (χ4v) is 2.13. The molecule has 2 aromatic rings. The fraction of sp³-hybridized carbons (Fsp3) is 0. The van der Waals surface area contributed by atoms with E-state index in [4.69, 9.17) is 23.2 Å².